The molecular weight excluding hydrogens is 438 g/mol. The van der Waals surface area contributed by atoms with Gasteiger partial charge in [-0.25, -0.2) is 4.79 Å². The van der Waals surface area contributed by atoms with E-state index in [0.717, 1.165) is 36.8 Å². The van der Waals surface area contributed by atoms with Crippen LogP contribution in [0.15, 0.2) is 91.0 Å². The Balaban J connectivity index is 1.50. The van der Waals surface area contributed by atoms with Gasteiger partial charge in [-0.2, -0.15) is 0 Å². The van der Waals surface area contributed by atoms with E-state index in [2.05, 4.69) is 12.1 Å². The molecule has 1 saturated carbocycles. The lowest BCUT2D eigenvalue weighted by Gasteiger charge is -2.43. The van der Waals surface area contributed by atoms with Crippen molar-refractivity contribution < 1.29 is 19.4 Å². The lowest BCUT2D eigenvalue weighted by Crippen LogP contribution is -2.45. The van der Waals surface area contributed by atoms with Gasteiger partial charge in [0.05, 0.1) is 0 Å². The number of nitrogens with zero attached hydrogens (tertiary/aromatic N) is 1. The summed E-state index contributed by atoms with van der Waals surface area (Å²) in [4.78, 5) is 26.6. The van der Waals surface area contributed by atoms with Crippen LogP contribution in [-0.4, -0.2) is 28.1 Å². The average Bonchev–Trinajstić information content (AvgIpc) is 2.91. The summed E-state index contributed by atoms with van der Waals surface area (Å²) in [5.41, 5.74) is 3.04. The molecule has 5 heteroatoms. The standard InChI is InChI=1S/C30H33NO4/c32-28(33)18-21-30(26-14-8-3-9-15-26)19-16-27(17-20-30)31(22-24-10-4-1-5-11-24)29(34)35-23-25-12-6-2-7-13-25/h1-15,27H,16-23H2,(H,32,33). The van der Waals surface area contributed by atoms with Crippen LogP contribution in [0.5, 0.6) is 0 Å². The summed E-state index contributed by atoms with van der Waals surface area (Å²) >= 11 is 0. The molecule has 0 atom stereocenters. The molecular formula is C30H33NO4. The Morgan fingerprint density at radius 1 is 0.829 bits per heavy atom. The number of benzene rings is 3. The van der Waals surface area contributed by atoms with Crippen molar-refractivity contribution in [2.24, 2.45) is 0 Å². The molecule has 0 spiro atoms. The number of rotatable bonds is 9. The fourth-order valence-corrected chi connectivity index (χ4v) is 5.21. The number of aliphatic carboxylic acids is 1. The molecule has 4 rings (SSSR count). The molecule has 0 unspecified atom stereocenters. The molecule has 35 heavy (non-hydrogen) atoms. The first-order valence-corrected chi connectivity index (χ1v) is 12.3. The molecule has 0 aromatic heterocycles. The summed E-state index contributed by atoms with van der Waals surface area (Å²) in [6.07, 6.45) is 3.74. The maximum absolute atomic E-state index is 13.3. The number of carbonyl (C=O) groups is 2. The molecule has 3 aromatic carbocycles. The smallest absolute Gasteiger partial charge is 0.410 e. The maximum atomic E-state index is 13.3. The van der Waals surface area contributed by atoms with Crippen LogP contribution < -0.4 is 0 Å². The van der Waals surface area contributed by atoms with Crippen molar-refractivity contribution in [3.63, 3.8) is 0 Å². The number of hydrogen-bond donors (Lipinski definition) is 1. The average molecular weight is 472 g/mol. The Morgan fingerprint density at radius 3 is 1.94 bits per heavy atom. The third-order valence-electron chi connectivity index (χ3n) is 7.19. The lowest BCUT2D eigenvalue weighted by atomic mass is 9.65. The van der Waals surface area contributed by atoms with E-state index in [1.165, 1.54) is 5.56 Å². The largest absolute Gasteiger partial charge is 0.481 e. The topological polar surface area (TPSA) is 66.8 Å². The van der Waals surface area contributed by atoms with Crippen LogP contribution in [0.2, 0.25) is 0 Å². The Hall–Kier alpha value is -3.60. The van der Waals surface area contributed by atoms with Crippen molar-refractivity contribution in [1.29, 1.82) is 0 Å². The number of hydrogen-bond acceptors (Lipinski definition) is 3. The van der Waals surface area contributed by atoms with E-state index in [9.17, 15) is 14.7 Å². The van der Waals surface area contributed by atoms with Crippen LogP contribution in [0.3, 0.4) is 0 Å². The van der Waals surface area contributed by atoms with Crippen molar-refractivity contribution in [1.82, 2.24) is 4.90 Å². The lowest BCUT2D eigenvalue weighted by molar-refractivity contribution is -0.137. The molecule has 1 aliphatic carbocycles. The molecule has 0 radical (unpaired) electrons. The second-order valence-electron chi connectivity index (χ2n) is 9.42. The quantitative estimate of drug-likeness (QED) is 0.383. The highest BCUT2D eigenvalue weighted by atomic mass is 16.6. The zero-order chi connectivity index (χ0) is 24.5. The molecule has 0 aliphatic heterocycles. The van der Waals surface area contributed by atoms with E-state index in [4.69, 9.17) is 4.74 Å². The Bertz CT molecular complexity index is 1080. The van der Waals surface area contributed by atoms with E-state index in [1.807, 2.05) is 83.8 Å². The molecule has 1 amide bonds. The van der Waals surface area contributed by atoms with Gasteiger partial charge in [0.15, 0.2) is 0 Å². The van der Waals surface area contributed by atoms with Crippen molar-refractivity contribution in [2.75, 3.05) is 0 Å². The number of amides is 1. The molecule has 0 bridgehead atoms. The SMILES string of the molecule is O=C(O)CCC1(c2ccccc2)CCC(N(Cc2ccccc2)C(=O)OCc2ccccc2)CC1. The Labute approximate surface area is 207 Å². The van der Waals surface area contributed by atoms with Gasteiger partial charge in [0.2, 0.25) is 0 Å². The first-order valence-electron chi connectivity index (χ1n) is 12.3. The first kappa shape index (κ1) is 24.5. The summed E-state index contributed by atoms with van der Waals surface area (Å²) in [6, 6.07) is 30.0. The molecule has 1 fully saturated rings. The highest BCUT2D eigenvalue weighted by molar-refractivity contribution is 5.68. The van der Waals surface area contributed by atoms with Gasteiger partial charge < -0.3 is 14.7 Å². The van der Waals surface area contributed by atoms with Gasteiger partial charge in [-0.3, -0.25) is 4.79 Å². The molecule has 0 heterocycles. The second-order valence-corrected chi connectivity index (χ2v) is 9.42. The van der Waals surface area contributed by atoms with Crippen LogP contribution in [0.1, 0.15) is 55.2 Å². The van der Waals surface area contributed by atoms with Gasteiger partial charge in [0, 0.05) is 19.0 Å². The van der Waals surface area contributed by atoms with E-state index in [0.29, 0.717) is 13.0 Å². The van der Waals surface area contributed by atoms with Crippen LogP contribution in [-0.2, 0) is 28.1 Å². The highest BCUT2D eigenvalue weighted by Gasteiger charge is 2.39. The predicted molar refractivity (Wildman–Crippen MR) is 136 cm³/mol. The second kappa shape index (κ2) is 11.7. The summed E-state index contributed by atoms with van der Waals surface area (Å²) in [5, 5.41) is 9.37. The van der Waals surface area contributed by atoms with Crippen LogP contribution >= 0.6 is 0 Å². The Morgan fingerprint density at radius 2 is 1.37 bits per heavy atom. The summed E-state index contributed by atoms with van der Waals surface area (Å²) < 4.78 is 5.74. The van der Waals surface area contributed by atoms with Crippen molar-refractivity contribution >= 4 is 12.1 Å². The van der Waals surface area contributed by atoms with Gasteiger partial charge >= 0.3 is 12.1 Å². The number of ether oxygens (including phenoxy) is 1. The number of carbonyl (C=O) groups excluding carboxylic acids is 1. The molecule has 1 N–H and O–H groups in total. The van der Waals surface area contributed by atoms with Gasteiger partial charge in [-0.05, 0) is 54.2 Å². The maximum Gasteiger partial charge on any atom is 0.410 e. The number of carboxylic acids is 1. The van der Waals surface area contributed by atoms with E-state index < -0.39 is 5.97 Å². The predicted octanol–water partition coefficient (Wildman–Crippen LogP) is 6.57. The third kappa shape index (κ3) is 6.50. The number of carboxylic acid groups (broad SMARTS) is 1. The monoisotopic (exact) mass is 471 g/mol. The molecule has 5 nitrogen and oxygen atoms in total. The van der Waals surface area contributed by atoms with Gasteiger partial charge in [-0.1, -0.05) is 91.0 Å². The van der Waals surface area contributed by atoms with E-state index in [1.54, 1.807) is 0 Å². The van der Waals surface area contributed by atoms with Crippen LogP contribution in [0.25, 0.3) is 0 Å². The van der Waals surface area contributed by atoms with Crippen LogP contribution in [0.4, 0.5) is 4.79 Å². The fraction of sp³-hybridized carbons (Fsp3) is 0.333. The summed E-state index contributed by atoms with van der Waals surface area (Å²) in [7, 11) is 0. The van der Waals surface area contributed by atoms with Gasteiger partial charge in [-0.15, -0.1) is 0 Å². The molecule has 0 saturated heterocycles. The molecule has 182 valence electrons. The third-order valence-corrected chi connectivity index (χ3v) is 7.19. The van der Waals surface area contributed by atoms with E-state index >= 15 is 0 Å². The van der Waals surface area contributed by atoms with Crippen molar-refractivity contribution in [2.45, 2.75) is 63.1 Å². The summed E-state index contributed by atoms with van der Waals surface area (Å²) in [5.74, 6) is -0.766. The normalized spacial score (nSPS) is 19.6. The van der Waals surface area contributed by atoms with Gasteiger partial charge in [0.1, 0.15) is 6.61 Å². The minimum absolute atomic E-state index is 0.0418. The van der Waals surface area contributed by atoms with Crippen LogP contribution in [0, 0.1) is 0 Å². The zero-order valence-corrected chi connectivity index (χ0v) is 20.0. The zero-order valence-electron chi connectivity index (χ0n) is 20.0. The Kier molecular flexibility index (Phi) is 8.19. The highest BCUT2D eigenvalue weighted by Crippen LogP contribution is 2.44. The molecule has 3 aromatic rings. The molecule has 1 aliphatic rings. The fourth-order valence-electron chi connectivity index (χ4n) is 5.21. The summed E-state index contributed by atoms with van der Waals surface area (Å²) in [6.45, 7) is 0.733. The minimum atomic E-state index is -0.766. The minimum Gasteiger partial charge on any atom is -0.481 e. The van der Waals surface area contributed by atoms with Gasteiger partial charge in [0.25, 0.3) is 0 Å². The van der Waals surface area contributed by atoms with E-state index in [-0.39, 0.29) is 30.6 Å². The van der Waals surface area contributed by atoms with Crippen molar-refractivity contribution in [3.8, 4) is 0 Å². The van der Waals surface area contributed by atoms with Crippen molar-refractivity contribution in [3.05, 3.63) is 108 Å². The first-order chi connectivity index (χ1) is 17.1.